The fourth-order valence-corrected chi connectivity index (χ4v) is 2.09. The van der Waals surface area contributed by atoms with Gasteiger partial charge in [0.05, 0.1) is 6.61 Å². The van der Waals surface area contributed by atoms with Gasteiger partial charge in [0, 0.05) is 25.7 Å². The lowest BCUT2D eigenvalue weighted by atomic mass is 10.5. The molecule has 1 aliphatic carbocycles. The van der Waals surface area contributed by atoms with E-state index in [0.717, 1.165) is 25.9 Å². The second kappa shape index (κ2) is 6.01. The van der Waals surface area contributed by atoms with Gasteiger partial charge in [0.1, 0.15) is 0 Å². The number of nitrogens with zero attached hydrogens (tertiary/aromatic N) is 5. The molecular formula is C12H22N6O. The first-order valence-electron chi connectivity index (χ1n) is 6.83. The van der Waals surface area contributed by atoms with Crippen LogP contribution in [0.2, 0.25) is 0 Å². The third kappa shape index (κ3) is 3.23. The summed E-state index contributed by atoms with van der Waals surface area (Å²) < 4.78 is 0. The van der Waals surface area contributed by atoms with E-state index in [4.69, 9.17) is 10.8 Å². The van der Waals surface area contributed by atoms with Gasteiger partial charge in [0.15, 0.2) is 0 Å². The quantitative estimate of drug-likeness (QED) is 0.731. The maximum absolute atomic E-state index is 9.16. The summed E-state index contributed by atoms with van der Waals surface area (Å²) in [6, 6.07) is 0.429. The predicted molar refractivity (Wildman–Crippen MR) is 75.3 cm³/mol. The SMILES string of the molecule is CCN(CC)c1nc(N)nc(N(CCO)C2CC2)n1. The van der Waals surface area contributed by atoms with E-state index in [1.54, 1.807) is 0 Å². The van der Waals surface area contributed by atoms with Crippen molar-refractivity contribution in [3.63, 3.8) is 0 Å². The summed E-state index contributed by atoms with van der Waals surface area (Å²) in [6.45, 7) is 6.37. The van der Waals surface area contributed by atoms with Crippen molar-refractivity contribution in [2.24, 2.45) is 0 Å². The molecule has 7 heteroatoms. The van der Waals surface area contributed by atoms with Crippen LogP contribution in [0.1, 0.15) is 26.7 Å². The van der Waals surface area contributed by atoms with Crippen LogP contribution in [-0.4, -0.2) is 52.3 Å². The van der Waals surface area contributed by atoms with Gasteiger partial charge in [-0.2, -0.15) is 15.0 Å². The van der Waals surface area contributed by atoms with Crippen molar-refractivity contribution in [2.45, 2.75) is 32.7 Å². The number of aromatic nitrogens is 3. The summed E-state index contributed by atoms with van der Waals surface area (Å²) in [7, 11) is 0. The summed E-state index contributed by atoms with van der Waals surface area (Å²) in [4.78, 5) is 16.9. The van der Waals surface area contributed by atoms with Crippen molar-refractivity contribution in [3.05, 3.63) is 0 Å². The molecule has 1 saturated carbocycles. The van der Waals surface area contributed by atoms with E-state index in [1.807, 2.05) is 9.80 Å². The Balaban J connectivity index is 2.28. The van der Waals surface area contributed by atoms with E-state index in [2.05, 4.69) is 28.8 Å². The summed E-state index contributed by atoms with van der Waals surface area (Å²) in [5.74, 6) is 1.41. The second-order valence-electron chi connectivity index (χ2n) is 4.61. The smallest absolute Gasteiger partial charge is 0.232 e. The number of rotatable bonds is 7. The lowest BCUT2D eigenvalue weighted by Crippen LogP contribution is -2.32. The highest BCUT2D eigenvalue weighted by atomic mass is 16.3. The van der Waals surface area contributed by atoms with E-state index < -0.39 is 0 Å². The zero-order chi connectivity index (χ0) is 13.8. The Bertz CT molecular complexity index is 419. The third-order valence-electron chi connectivity index (χ3n) is 3.26. The highest BCUT2D eigenvalue weighted by Crippen LogP contribution is 2.30. The van der Waals surface area contributed by atoms with Gasteiger partial charge >= 0.3 is 0 Å². The Kier molecular flexibility index (Phi) is 4.36. The molecule has 0 bridgehead atoms. The Morgan fingerprint density at radius 2 is 1.79 bits per heavy atom. The summed E-state index contributed by atoms with van der Waals surface area (Å²) >= 11 is 0. The number of hydrogen-bond acceptors (Lipinski definition) is 7. The second-order valence-corrected chi connectivity index (χ2v) is 4.61. The summed E-state index contributed by atoms with van der Waals surface area (Å²) in [5, 5.41) is 9.16. The molecule has 1 aromatic heterocycles. The fourth-order valence-electron chi connectivity index (χ4n) is 2.09. The van der Waals surface area contributed by atoms with Crippen molar-refractivity contribution >= 4 is 17.8 Å². The van der Waals surface area contributed by atoms with Crippen LogP contribution < -0.4 is 15.5 Å². The van der Waals surface area contributed by atoms with Crippen molar-refractivity contribution in [3.8, 4) is 0 Å². The molecule has 1 fully saturated rings. The highest BCUT2D eigenvalue weighted by Gasteiger charge is 2.31. The predicted octanol–water partition coefficient (Wildman–Crippen LogP) is 0.261. The minimum Gasteiger partial charge on any atom is -0.395 e. The Labute approximate surface area is 113 Å². The van der Waals surface area contributed by atoms with Crippen LogP contribution in [0.15, 0.2) is 0 Å². The van der Waals surface area contributed by atoms with Crippen LogP contribution in [0.3, 0.4) is 0 Å². The van der Waals surface area contributed by atoms with Gasteiger partial charge in [-0.25, -0.2) is 0 Å². The first kappa shape index (κ1) is 13.8. The lowest BCUT2D eigenvalue weighted by molar-refractivity contribution is 0.300. The van der Waals surface area contributed by atoms with Crippen molar-refractivity contribution in [1.82, 2.24) is 15.0 Å². The molecule has 0 aliphatic heterocycles. The molecule has 0 saturated heterocycles. The van der Waals surface area contributed by atoms with Gasteiger partial charge in [-0.3, -0.25) is 0 Å². The van der Waals surface area contributed by atoms with Crippen molar-refractivity contribution < 1.29 is 5.11 Å². The minimum absolute atomic E-state index is 0.0860. The number of nitrogen functional groups attached to an aromatic ring is 1. The standard InChI is InChI=1S/C12H22N6O/c1-3-17(4-2)11-14-10(13)15-12(16-11)18(7-8-19)9-5-6-9/h9,19H,3-8H2,1-2H3,(H2,13,14,15,16). The van der Waals surface area contributed by atoms with Crippen LogP contribution in [0, 0.1) is 0 Å². The van der Waals surface area contributed by atoms with Crippen LogP contribution in [-0.2, 0) is 0 Å². The molecule has 106 valence electrons. The van der Waals surface area contributed by atoms with E-state index in [9.17, 15) is 0 Å². The number of aliphatic hydroxyl groups is 1. The third-order valence-corrected chi connectivity index (χ3v) is 3.26. The van der Waals surface area contributed by atoms with Gasteiger partial charge in [-0.1, -0.05) is 0 Å². The lowest BCUT2D eigenvalue weighted by Gasteiger charge is -2.24. The van der Waals surface area contributed by atoms with Gasteiger partial charge in [-0.05, 0) is 26.7 Å². The number of hydrogen-bond donors (Lipinski definition) is 2. The molecule has 2 rings (SSSR count). The molecule has 0 unspecified atom stereocenters. The van der Waals surface area contributed by atoms with Gasteiger partial charge in [0.2, 0.25) is 17.8 Å². The normalized spacial score (nSPS) is 14.5. The van der Waals surface area contributed by atoms with E-state index in [-0.39, 0.29) is 12.6 Å². The molecule has 7 nitrogen and oxygen atoms in total. The maximum atomic E-state index is 9.16. The molecular weight excluding hydrogens is 244 g/mol. The van der Waals surface area contributed by atoms with Crippen molar-refractivity contribution in [1.29, 1.82) is 0 Å². The molecule has 3 N–H and O–H groups in total. The molecule has 0 amide bonds. The Hall–Kier alpha value is -1.63. The molecule has 0 spiro atoms. The van der Waals surface area contributed by atoms with E-state index in [1.165, 1.54) is 0 Å². The largest absolute Gasteiger partial charge is 0.395 e. The van der Waals surface area contributed by atoms with Gasteiger partial charge < -0.3 is 20.6 Å². The van der Waals surface area contributed by atoms with Crippen LogP contribution in [0.5, 0.6) is 0 Å². The monoisotopic (exact) mass is 266 g/mol. The maximum Gasteiger partial charge on any atom is 0.232 e. The fraction of sp³-hybridized carbons (Fsp3) is 0.750. The molecule has 0 atom stereocenters. The molecule has 1 aromatic rings. The van der Waals surface area contributed by atoms with Crippen LogP contribution in [0.25, 0.3) is 0 Å². The summed E-state index contributed by atoms with van der Waals surface area (Å²) in [5.41, 5.74) is 5.78. The molecule has 1 heterocycles. The first-order chi connectivity index (χ1) is 9.19. The summed E-state index contributed by atoms with van der Waals surface area (Å²) in [6.07, 6.45) is 2.23. The number of aliphatic hydroxyl groups excluding tert-OH is 1. The molecule has 19 heavy (non-hydrogen) atoms. The minimum atomic E-state index is 0.0860. The van der Waals surface area contributed by atoms with Crippen LogP contribution in [0.4, 0.5) is 17.8 Å². The first-order valence-corrected chi connectivity index (χ1v) is 6.83. The highest BCUT2D eigenvalue weighted by molar-refractivity contribution is 5.45. The molecule has 0 aromatic carbocycles. The average molecular weight is 266 g/mol. The van der Waals surface area contributed by atoms with Crippen molar-refractivity contribution in [2.75, 3.05) is 41.8 Å². The Morgan fingerprint density at radius 1 is 1.16 bits per heavy atom. The van der Waals surface area contributed by atoms with Gasteiger partial charge in [0.25, 0.3) is 0 Å². The molecule has 1 aliphatic rings. The topological polar surface area (TPSA) is 91.4 Å². The number of anilines is 3. The van der Waals surface area contributed by atoms with E-state index in [0.29, 0.717) is 24.5 Å². The average Bonchev–Trinajstić information content (AvgIpc) is 3.21. The van der Waals surface area contributed by atoms with Crippen LogP contribution >= 0.6 is 0 Å². The Morgan fingerprint density at radius 3 is 2.32 bits per heavy atom. The van der Waals surface area contributed by atoms with E-state index >= 15 is 0 Å². The number of nitrogens with two attached hydrogens (primary N) is 1. The van der Waals surface area contributed by atoms with Gasteiger partial charge in [-0.15, -0.1) is 0 Å². The zero-order valence-electron chi connectivity index (χ0n) is 11.6. The zero-order valence-corrected chi connectivity index (χ0v) is 11.6. The molecule has 0 radical (unpaired) electrons.